The van der Waals surface area contributed by atoms with Crippen LogP contribution in [-0.4, -0.2) is 17.9 Å². The molecule has 0 aliphatic heterocycles. The largest absolute Gasteiger partial charge is 0.548 e. The van der Waals surface area contributed by atoms with E-state index >= 15 is 0 Å². The zero-order valence-corrected chi connectivity index (χ0v) is 25.7. The third-order valence-electron chi connectivity index (χ3n) is 6.81. The summed E-state index contributed by atoms with van der Waals surface area (Å²) in [6.07, 6.45) is 0.196. The van der Waals surface area contributed by atoms with E-state index in [-0.39, 0.29) is 6.42 Å². The Morgan fingerprint density at radius 1 is 0.733 bits per heavy atom. The van der Waals surface area contributed by atoms with Crippen molar-refractivity contribution in [3.63, 3.8) is 0 Å². The molecule has 1 amide bonds. The van der Waals surface area contributed by atoms with Crippen LogP contribution in [0.5, 0.6) is 0 Å². The summed E-state index contributed by atoms with van der Waals surface area (Å²) in [6, 6.07) is 45.1. The lowest BCUT2D eigenvalue weighted by atomic mass is 10.1. The van der Waals surface area contributed by atoms with Gasteiger partial charge in [0.1, 0.15) is 11.4 Å². The van der Waals surface area contributed by atoms with Gasteiger partial charge in [-0.25, -0.2) is 5.32 Å². The second-order valence-electron chi connectivity index (χ2n) is 10.00. The molecule has 0 fully saturated rings. The Morgan fingerprint density at radius 2 is 1.29 bits per heavy atom. The fourth-order valence-corrected chi connectivity index (χ4v) is 5.66. The van der Waals surface area contributed by atoms with Gasteiger partial charge in [0.25, 0.3) is 5.91 Å². The van der Waals surface area contributed by atoms with Crippen molar-refractivity contribution >= 4 is 45.6 Å². The van der Waals surface area contributed by atoms with E-state index in [0.29, 0.717) is 5.56 Å². The Bertz CT molecular complexity index is 1820. The second kappa shape index (κ2) is 15.5. The van der Waals surface area contributed by atoms with E-state index in [1.807, 2.05) is 66.7 Å². The molecule has 6 aromatic rings. The first-order valence-corrected chi connectivity index (χ1v) is 15.5. The van der Waals surface area contributed by atoms with Crippen molar-refractivity contribution in [2.75, 3.05) is 5.32 Å². The average molecular weight is 632 g/mol. The first kappa shape index (κ1) is 31.2. The molecular formula is C37H30ClN3O3S. The highest BCUT2D eigenvalue weighted by atomic mass is 35.5. The minimum atomic E-state index is -1.29. The molecule has 1 atom stereocenters. The van der Waals surface area contributed by atoms with Crippen LogP contribution < -0.4 is 20.3 Å². The van der Waals surface area contributed by atoms with Gasteiger partial charge in [0, 0.05) is 21.5 Å². The minimum Gasteiger partial charge on any atom is -0.548 e. The van der Waals surface area contributed by atoms with Crippen LogP contribution >= 0.6 is 22.9 Å². The molecule has 1 aromatic heterocycles. The van der Waals surface area contributed by atoms with E-state index in [9.17, 15) is 14.7 Å². The highest BCUT2D eigenvalue weighted by Gasteiger charge is 2.21. The van der Waals surface area contributed by atoms with Crippen LogP contribution in [-0.2, 0) is 11.2 Å². The van der Waals surface area contributed by atoms with Crippen LogP contribution in [0.4, 0.5) is 10.8 Å². The van der Waals surface area contributed by atoms with Gasteiger partial charge in [-0.15, -0.1) is 0 Å². The highest BCUT2D eigenvalue weighted by Crippen LogP contribution is 2.28. The van der Waals surface area contributed by atoms with Crippen LogP contribution in [0.1, 0.15) is 15.9 Å². The number of aliphatic carboxylic acids is 1. The number of anilines is 2. The lowest BCUT2D eigenvalue weighted by molar-refractivity contribution is -0.563. The first-order valence-electron chi connectivity index (χ1n) is 14.3. The number of hydrogen-bond donors (Lipinski definition) is 2. The SMILES string of the molecule is Clc1ccc(-c2csc(Nc3ccccc3)[n+]2-c2ccccc2)cc1.O=C(NC(Cc1ccccc1)C(=O)[O-])c1ccccc1. The zero-order valence-electron chi connectivity index (χ0n) is 24.2. The minimum absolute atomic E-state index is 0.196. The molecule has 1 heterocycles. The normalized spacial score (nSPS) is 11.0. The summed E-state index contributed by atoms with van der Waals surface area (Å²) in [5.41, 5.74) is 5.70. The maximum atomic E-state index is 11.9. The van der Waals surface area contributed by atoms with Crippen LogP contribution in [0.2, 0.25) is 5.02 Å². The number of carboxylic acid groups (broad SMARTS) is 1. The molecule has 0 saturated carbocycles. The number of para-hydroxylation sites is 2. The van der Waals surface area contributed by atoms with Crippen LogP contribution in [0.15, 0.2) is 151 Å². The summed E-state index contributed by atoms with van der Waals surface area (Å²) in [5.74, 6) is -1.71. The van der Waals surface area contributed by atoms with E-state index in [2.05, 4.69) is 69.1 Å². The quantitative estimate of drug-likeness (QED) is 0.171. The third kappa shape index (κ3) is 8.66. The molecule has 0 aliphatic rings. The molecule has 5 aromatic carbocycles. The lowest BCUT2D eigenvalue weighted by Crippen LogP contribution is -2.49. The Hall–Kier alpha value is -5.24. The summed E-state index contributed by atoms with van der Waals surface area (Å²) < 4.78 is 2.24. The zero-order chi connectivity index (χ0) is 31.4. The number of carboxylic acids is 1. The van der Waals surface area contributed by atoms with Gasteiger partial charge in [-0.2, -0.15) is 4.57 Å². The van der Waals surface area contributed by atoms with Crippen molar-refractivity contribution in [3.8, 4) is 16.9 Å². The van der Waals surface area contributed by atoms with Crippen molar-refractivity contribution in [2.24, 2.45) is 0 Å². The Balaban J connectivity index is 0.000000183. The Morgan fingerprint density at radius 3 is 1.89 bits per heavy atom. The number of nitrogens with one attached hydrogen (secondary N) is 2. The van der Waals surface area contributed by atoms with Gasteiger partial charge in [-0.3, -0.25) is 4.79 Å². The van der Waals surface area contributed by atoms with Gasteiger partial charge in [0.2, 0.25) is 0 Å². The second-order valence-corrected chi connectivity index (χ2v) is 11.3. The number of carbonyl (C=O) groups is 2. The van der Waals surface area contributed by atoms with Crippen LogP contribution in [0.3, 0.4) is 0 Å². The summed E-state index contributed by atoms with van der Waals surface area (Å²) in [7, 11) is 0. The molecule has 0 bridgehead atoms. The molecule has 6 nitrogen and oxygen atoms in total. The molecule has 224 valence electrons. The highest BCUT2D eigenvalue weighted by molar-refractivity contribution is 7.13. The first-order chi connectivity index (χ1) is 22.0. The predicted octanol–water partition coefficient (Wildman–Crippen LogP) is 6.87. The van der Waals surface area contributed by atoms with Crippen LogP contribution in [0.25, 0.3) is 16.9 Å². The van der Waals surface area contributed by atoms with Crippen molar-refractivity contribution in [1.82, 2.24) is 5.32 Å². The number of rotatable bonds is 9. The van der Waals surface area contributed by atoms with Gasteiger partial charge in [-0.05, 0) is 72.6 Å². The summed E-state index contributed by atoms with van der Waals surface area (Å²) >= 11 is 7.74. The van der Waals surface area contributed by atoms with E-state index in [1.165, 1.54) is 0 Å². The number of benzene rings is 5. The molecule has 8 heteroatoms. The summed E-state index contributed by atoms with van der Waals surface area (Å²) in [5, 5.41) is 21.1. The molecule has 45 heavy (non-hydrogen) atoms. The fraction of sp³-hybridized carbons (Fsp3) is 0.0541. The number of thiazole rings is 1. The van der Waals surface area contributed by atoms with Crippen molar-refractivity contribution in [3.05, 3.63) is 167 Å². The summed E-state index contributed by atoms with van der Waals surface area (Å²) in [6.45, 7) is 0. The number of nitrogens with zero attached hydrogens (tertiary/aromatic N) is 1. The molecule has 0 spiro atoms. The Kier molecular flexibility index (Phi) is 10.7. The molecule has 2 N–H and O–H groups in total. The number of amides is 1. The van der Waals surface area contributed by atoms with Crippen molar-refractivity contribution in [1.29, 1.82) is 0 Å². The maximum Gasteiger partial charge on any atom is 0.344 e. The molecule has 6 rings (SSSR count). The number of aromatic nitrogens is 1. The van der Waals surface area contributed by atoms with E-state index in [4.69, 9.17) is 11.6 Å². The molecule has 0 saturated heterocycles. The number of hydrogen-bond acceptors (Lipinski definition) is 5. The van der Waals surface area contributed by atoms with Gasteiger partial charge >= 0.3 is 5.13 Å². The third-order valence-corrected chi connectivity index (χ3v) is 7.92. The van der Waals surface area contributed by atoms with E-state index in [0.717, 1.165) is 38.3 Å². The van der Waals surface area contributed by atoms with E-state index < -0.39 is 17.9 Å². The summed E-state index contributed by atoms with van der Waals surface area (Å²) in [4.78, 5) is 23.1. The molecule has 0 radical (unpaired) electrons. The van der Waals surface area contributed by atoms with Crippen molar-refractivity contribution < 1.29 is 19.3 Å². The number of halogens is 1. The van der Waals surface area contributed by atoms with Crippen LogP contribution in [0, 0.1) is 0 Å². The van der Waals surface area contributed by atoms with Gasteiger partial charge in [-0.1, -0.05) is 108 Å². The molecular weight excluding hydrogens is 602 g/mol. The monoisotopic (exact) mass is 631 g/mol. The van der Waals surface area contributed by atoms with Gasteiger partial charge in [0.05, 0.1) is 12.0 Å². The molecule has 0 aliphatic carbocycles. The smallest absolute Gasteiger partial charge is 0.344 e. The maximum absolute atomic E-state index is 11.9. The molecule has 1 unspecified atom stereocenters. The van der Waals surface area contributed by atoms with Crippen molar-refractivity contribution in [2.45, 2.75) is 12.5 Å². The Labute approximate surface area is 271 Å². The van der Waals surface area contributed by atoms with Gasteiger partial charge in [0.15, 0.2) is 5.69 Å². The number of carbonyl (C=O) groups excluding carboxylic acids is 2. The van der Waals surface area contributed by atoms with E-state index in [1.54, 1.807) is 41.7 Å². The topological polar surface area (TPSA) is 85.1 Å². The fourth-order valence-electron chi connectivity index (χ4n) is 4.58. The van der Waals surface area contributed by atoms with Gasteiger partial charge < -0.3 is 15.2 Å². The average Bonchev–Trinajstić information content (AvgIpc) is 3.50. The lowest BCUT2D eigenvalue weighted by Gasteiger charge is -2.19. The standard InChI is InChI=1S/C21H15ClN2S.C16H15NO3/c22-17-13-11-16(12-14-17)20-15-25-21(23-18-7-3-1-4-8-18)24(20)19-9-5-2-6-10-19;18-15(13-9-5-2-6-10-13)17-14(16(19)20)11-12-7-3-1-4-8-12/h1-15H;1-10,14H,11H2,(H,17,18)(H,19,20). The predicted molar refractivity (Wildman–Crippen MR) is 179 cm³/mol.